The van der Waals surface area contributed by atoms with Crippen molar-refractivity contribution in [2.75, 3.05) is 5.32 Å². The normalized spacial score (nSPS) is 36.1. The molecular weight excluding hydrogens is 357 g/mol. The van der Waals surface area contributed by atoms with E-state index in [-0.39, 0.29) is 0 Å². The lowest BCUT2D eigenvalue weighted by Crippen LogP contribution is -2.58. The number of amides is 1. The maximum Gasteiger partial charge on any atom is 0.256 e. The molecule has 3 aliphatic rings. The van der Waals surface area contributed by atoms with E-state index in [1.807, 2.05) is 0 Å². The van der Waals surface area contributed by atoms with Gasteiger partial charge < -0.3 is 29.0 Å². The van der Waals surface area contributed by atoms with Crippen molar-refractivity contribution in [3.63, 3.8) is 0 Å². The molecule has 27 heavy (non-hydrogen) atoms. The average molecular weight is 381 g/mol. The summed E-state index contributed by atoms with van der Waals surface area (Å²) in [5, 5.41) is 2.68. The Morgan fingerprint density at radius 2 is 1.63 bits per heavy atom. The highest BCUT2D eigenvalue weighted by atomic mass is 19.1. The van der Waals surface area contributed by atoms with Gasteiger partial charge in [-0.1, -0.05) is 6.07 Å². The number of ether oxygens (including phenoxy) is 5. The lowest BCUT2D eigenvalue weighted by atomic mass is 9.98. The van der Waals surface area contributed by atoms with E-state index in [1.54, 1.807) is 46.8 Å². The molecule has 1 aromatic carbocycles. The number of hydrogen-bond donors (Lipinski definition) is 1. The molecule has 0 bridgehead atoms. The average Bonchev–Trinajstić information content (AvgIpc) is 3.04. The van der Waals surface area contributed by atoms with Gasteiger partial charge in [-0.2, -0.15) is 0 Å². The Morgan fingerprint density at radius 3 is 2.33 bits per heavy atom. The molecule has 7 nitrogen and oxygen atoms in total. The highest BCUT2D eigenvalue weighted by molar-refractivity contribution is 5.94. The Kier molecular flexibility index (Phi) is 4.32. The molecule has 0 aliphatic carbocycles. The van der Waals surface area contributed by atoms with E-state index >= 15 is 0 Å². The second-order valence-electron chi connectivity index (χ2n) is 8.04. The molecule has 0 spiro atoms. The number of hydrogen-bond acceptors (Lipinski definition) is 6. The summed E-state index contributed by atoms with van der Waals surface area (Å²) < 4.78 is 43.2. The van der Waals surface area contributed by atoms with Gasteiger partial charge in [-0.15, -0.1) is 0 Å². The van der Waals surface area contributed by atoms with E-state index in [0.29, 0.717) is 11.3 Å². The van der Waals surface area contributed by atoms with E-state index in [9.17, 15) is 9.18 Å². The summed E-state index contributed by atoms with van der Waals surface area (Å²) in [7, 11) is 0. The third-order valence-electron chi connectivity index (χ3n) is 4.85. The van der Waals surface area contributed by atoms with Gasteiger partial charge in [0.2, 0.25) is 0 Å². The van der Waals surface area contributed by atoms with E-state index in [4.69, 9.17) is 23.7 Å². The van der Waals surface area contributed by atoms with Crippen molar-refractivity contribution in [2.45, 2.75) is 76.9 Å². The van der Waals surface area contributed by atoms with Crippen molar-refractivity contribution in [2.24, 2.45) is 0 Å². The molecule has 3 saturated heterocycles. The maximum absolute atomic E-state index is 13.8. The van der Waals surface area contributed by atoms with Crippen molar-refractivity contribution < 1.29 is 32.9 Å². The number of fused-ring (bicyclic) bond motifs is 3. The summed E-state index contributed by atoms with van der Waals surface area (Å²) >= 11 is 0. The maximum atomic E-state index is 13.8. The number of anilines is 1. The Morgan fingerprint density at radius 1 is 1.00 bits per heavy atom. The van der Waals surface area contributed by atoms with E-state index < -0.39 is 54.0 Å². The first-order chi connectivity index (χ1) is 12.5. The first-order valence-electron chi connectivity index (χ1n) is 8.98. The van der Waals surface area contributed by atoms with Crippen LogP contribution in [0.5, 0.6) is 0 Å². The first-order valence-corrected chi connectivity index (χ1v) is 8.98. The fraction of sp³-hybridized carbons (Fsp3) is 0.632. The van der Waals surface area contributed by atoms with Crippen LogP contribution >= 0.6 is 0 Å². The minimum Gasteiger partial charge on any atom is -0.342 e. The molecule has 1 amide bonds. The van der Waals surface area contributed by atoms with Gasteiger partial charge >= 0.3 is 0 Å². The topological polar surface area (TPSA) is 75.3 Å². The molecule has 0 unspecified atom stereocenters. The molecule has 1 aromatic rings. The summed E-state index contributed by atoms with van der Waals surface area (Å²) in [4.78, 5) is 12.9. The minimum absolute atomic E-state index is 0.340. The standard InChI is InChI=1S/C19H24FNO6/c1-9-6-7-10(8-11(9)20)21-16(22)14-12-13(25-18(2,3)24-12)15-17(23-14)27-19(4,5)26-15/h6-8,12-15,17H,1-5H3,(H,21,22)/t12-,13+,14+,15-,17-/m1/s1. The van der Waals surface area contributed by atoms with E-state index in [1.165, 1.54) is 6.07 Å². The largest absolute Gasteiger partial charge is 0.342 e. The monoisotopic (exact) mass is 381 g/mol. The molecule has 8 heteroatoms. The van der Waals surface area contributed by atoms with Crippen molar-refractivity contribution >= 4 is 11.6 Å². The summed E-state index contributed by atoms with van der Waals surface area (Å²) in [6.07, 6.45) is -3.45. The van der Waals surface area contributed by atoms with Gasteiger partial charge in [0.15, 0.2) is 24.0 Å². The van der Waals surface area contributed by atoms with Crippen molar-refractivity contribution in [1.82, 2.24) is 0 Å². The molecular formula is C19H24FNO6. The predicted octanol–water partition coefficient (Wildman–Crippen LogP) is 2.47. The highest BCUT2D eigenvalue weighted by Gasteiger charge is 2.62. The van der Waals surface area contributed by atoms with Crippen LogP contribution in [-0.4, -0.2) is 48.2 Å². The highest BCUT2D eigenvalue weighted by Crippen LogP contribution is 2.44. The Labute approximate surface area is 157 Å². The van der Waals surface area contributed by atoms with Crippen molar-refractivity contribution in [3.05, 3.63) is 29.6 Å². The van der Waals surface area contributed by atoms with Crippen LogP contribution in [0.1, 0.15) is 33.3 Å². The van der Waals surface area contributed by atoms with Crippen LogP contribution in [0.25, 0.3) is 0 Å². The fourth-order valence-electron chi connectivity index (χ4n) is 3.71. The number of aryl methyl sites for hydroxylation is 1. The second-order valence-corrected chi connectivity index (χ2v) is 8.04. The van der Waals surface area contributed by atoms with Crippen LogP contribution in [0.2, 0.25) is 0 Å². The number of halogens is 1. The zero-order valence-corrected chi connectivity index (χ0v) is 15.9. The minimum atomic E-state index is -0.986. The first kappa shape index (κ1) is 18.8. The number of nitrogens with one attached hydrogen (secondary N) is 1. The molecule has 0 saturated carbocycles. The smallest absolute Gasteiger partial charge is 0.256 e. The van der Waals surface area contributed by atoms with Crippen LogP contribution in [-0.2, 0) is 28.5 Å². The summed E-state index contributed by atoms with van der Waals surface area (Å²) in [6, 6.07) is 4.50. The number of benzene rings is 1. The van der Waals surface area contributed by atoms with Crippen LogP contribution in [0.3, 0.4) is 0 Å². The third-order valence-corrected chi connectivity index (χ3v) is 4.85. The number of carbonyl (C=O) groups is 1. The molecule has 5 atom stereocenters. The Hall–Kier alpha value is -1.58. The zero-order chi connectivity index (χ0) is 19.6. The van der Waals surface area contributed by atoms with Crippen molar-refractivity contribution in [1.29, 1.82) is 0 Å². The number of rotatable bonds is 2. The van der Waals surface area contributed by atoms with Crippen LogP contribution in [0.4, 0.5) is 10.1 Å². The third kappa shape index (κ3) is 3.48. The van der Waals surface area contributed by atoms with Gasteiger partial charge in [-0.05, 0) is 52.3 Å². The van der Waals surface area contributed by atoms with E-state index in [0.717, 1.165) is 0 Å². The fourth-order valence-corrected chi connectivity index (χ4v) is 3.71. The number of carbonyl (C=O) groups excluding carboxylic acids is 1. The molecule has 3 aliphatic heterocycles. The van der Waals surface area contributed by atoms with Crippen LogP contribution in [0, 0.1) is 12.7 Å². The van der Waals surface area contributed by atoms with Crippen LogP contribution < -0.4 is 5.32 Å². The predicted molar refractivity (Wildman–Crippen MR) is 92.3 cm³/mol. The Balaban J connectivity index is 1.57. The van der Waals surface area contributed by atoms with Gasteiger partial charge in [0.1, 0.15) is 24.1 Å². The summed E-state index contributed by atoms with van der Waals surface area (Å²) in [5.74, 6) is -2.60. The molecule has 148 valence electrons. The SMILES string of the molecule is Cc1ccc(NC(=O)[C@H]2O[C@@H]3OC(C)(C)O[C@@H]3[C@H]3OC(C)(C)O[C@H]32)cc1F. The zero-order valence-electron chi connectivity index (χ0n) is 15.9. The molecule has 0 radical (unpaired) electrons. The lowest BCUT2D eigenvalue weighted by Gasteiger charge is -2.36. The molecule has 3 fully saturated rings. The quantitative estimate of drug-likeness (QED) is 0.848. The molecule has 3 heterocycles. The van der Waals surface area contributed by atoms with E-state index in [2.05, 4.69) is 5.32 Å². The van der Waals surface area contributed by atoms with Gasteiger partial charge in [-0.3, -0.25) is 4.79 Å². The summed E-state index contributed by atoms with van der Waals surface area (Å²) in [6.45, 7) is 8.74. The molecule has 4 rings (SSSR count). The van der Waals surface area contributed by atoms with Crippen LogP contribution in [0.15, 0.2) is 18.2 Å². The van der Waals surface area contributed by atoms with Gasteiger partial charge in [0, 0.05) is 5.69 Å². The lowest BCUT2D eigenvalue weighted by molar-refractivity contribution is -0.229. The Bertz CT molecular complexity index is 767. The van der Waals surface area contributed by atoms with Gasteiger partial charge in [-0.25, -0.2) is 4.39 Å². The van der Waals surface area contributed by atoms with Gasteiger partial charge in [0.05, 0.1) is 0 Å². The second kappa shape index (κ2) is 6.22. The molecule has 1 N–H and O–H groups in total. The van der Waals surface area contributed by atoms with Gasteiger partial charge in [0.25, 0.3) is 5.91 Å². The molecule has 0 aromatic heterocycles. The van der Waals surface area contributed by atoms with Crippen molar-refractivity contribution in [3.8, 4) is 0 Å². The summed E-state index contributed by atoms with van der Waals surface area (Å²) in [5.41, 5.74) is 0.838.